The molecule has 1 unspecified atom stereocenters. The molecule has 7 nitrogen and oxygen atoms in total. The highest BCUT2D eigenvalue weighted by atomic mass is 16.5. The first-order valence-corrected chi connectivity index (χ1v) is 6.88. The molecule has 0 aromatic carbocycles. The number of hydrogen-bond donors (Lipinski definition) is 3. The van der Waals surface area contributed by atoms with Crippen molar-refractivity contribution in [2.45, 2.75) is 38.8 Å². The largest absolute Gasteiger partial charge is 0.394 e. The SMILES string of the molecule is CC(C)(C)N1CC(NC(=O)NCCOCCO)CC1=O. The van der Waals surface area contributed by atoms with E-state index in [1.165, 1.54) is 0 Å². The second kappa shape index (κ2) is 7.44. The Morgan fingerprint density at radius 2 is 2.15 bits per heavy atom. The van der Waals surface area contributed by atoms with Gasteiger partial charge in [0.25, 0.3) is 0 Å². The number of nitrogens with zero attached hydrogens (tertiary/aromatic N) is 1. The van der Waals surface area contributed by atoms with Crippen LogP contribution in [0.25, 0.3) is 0 Å². The molecule has 3 amide bonds. The number of amides is 3. The van der Waals surface area contributed by atoms with Gasteiger partial charge in [0, 0.05) is 25.0 Å². The van der Waals surface area contributed by atoms with Crippen molar-refractivity contribution in [2.75, 3.05) is 32.9 Å². The highest BCUT2D eigenvalue weighted by Gasteiger charge is 2.36. The molecular formula is C13H25N3O4. The zero-order valence-corrected chi connectivity index (χ0v) is 12.4. The van der Waals surface area contributed by atoms with Gasteiger partial charge in [0.05, 0.1) is 25.9 Å². The summed E-state index contributed by atoms with van der Waals surface area (Å²) in [6.07, 6.45) is 0.339. The molecule has 0 aliphatic carbocycles. The van der Waals surface area contributed by atoms with Crippen LogP contribution in [0.3, 0.4) is 0 Å². The van der Waals surface area contributed by atoms with E-state index in [4.69, 9.17) is 9.84 Å². The molecule has 0 spiro atoms. The Kier molecular flexibility index (Phi) is 6.22. The molecule has 0 saturated carbocycles. The van der Waals surface area contributed by atoms with Gasteiger partial charge in [-0.25, -0.2) is 4.79 Å². The van der Waals surface area contributed by atoms with Gasteiger partial charge in [0.1, 0.15) is 0 Å². The summed E-state index contributed by atoms with van der Waals surface area (Å²) in [5, 5.41) is 14.0. The third-order valence-electron chi connectivity index (χ3n) is 3.04. The van der Waals surface area contributed by atoms with E-state index in [-0.39, 0.29) is 36.7 Å². The Labute approximate surface area is 119 Å². The molecule has 1 fully saturated rings. The van der Waals surface area contributed by atoms with Crippen molar-refractivity contribution in [2.24, 2.45) is 0 Å². The van der Waals surface area contributed by atoms with Crippen molar-refractivity contribution >= 4 is 11.9 Å². The smallest absolute Gasteiger partial charge is 0.315 e. The summed E-state index contributed by atoms with van der Waals surface area (Å²) in [4.78, 5) is 25.3. The van der Waals surface area contributed by atoms with Gasteiger partial charge in [0.15, 0.2) is 0 Å². The van der Waals surface area contributed by atoms with Crippen LogP contribution in [0.15, 0.2) is 0 Å². The molecular weight excluding hydrogens is 262 g/mol. The summed E-state index contributed by atoms with van der Waals surface area (Å²) in [6, 6.07) is -0.453. The van der Waals surface area contributed by atoms with Gasteiger partial charge in [-0.1, -0.05) is 0 Å². The first-order chi connectivity index (χ1) is 9.34. The van der Waals surface area contributed by atoms with E-state index in [9.17, 15) is 9.59 Å². The minimum Gasteiger partial charge on any atom is -0.394 e. The molecule has 1 aliphatic heterocycles. The first kappa shape index (κ1) is 16.7. The molecule has 1 aliphatic rings. The quantitative estimate of drug-likeness (QED) is 0.585. The number of aliphatic hydroxyl groups excluding tert-OH is 1. The van der Waals surface area contributed by atoms with Crippen LogP contribution in [-0.2, 0) is 9.53 Å². The number of nitrogens with one attached hydrogen (secondary N) is 2. The lowest BCUT2D eigenvalue weighted by molar-refractivity contribution is -0.131. The molecule has 1 atom stereocenters. The zero-order chi connectivity index (χ0) is 15.2. The summed E-state index contributed by atoms with van der Waals surface area (Å²) in [5.74, 6) is 0.0640. The van der Waals surface area contributed by atoms with E-state index < -0.39 is 0 Å². The van der Waals surface area contributed by atoms with Gasteiger partial charge in [-0.05, 0) is 20.8 Å². The Morgan fingerprint density at radius 3 is 2.70 bits per heavy atom. The van der Waals surface area contributed by atoms with Crippen molar-refractivity contribution in [1.29, 1.82) is 0 Å². The lowest BCUT2D eigenvalue weighted by Crippen LogP contribution is -2.47. The van der Waals surface area contributed by atoms with Gasteiger partial charge in [-0.2, -0.15) is 0 Å². The fourth-order valence-electron chi connectivity index (χ4n) is 2.09. The molecule has 0 aromatic rings. The van der Waals surface area contributed by atoms with Gasteiger partial charge in [-0.3, -0.25) is 4.79 Å². The highest BCUT2D eigenvalue weighted by Crippen LogP contribution is 2.21. The first-order valence-electron chi connectivity index (χ1n) is 6.88. The molecule has 3 N–H and O–H groups in total. The molecule has 1 saturated heterocycles. The third-order valence-corrected chi connectivity index (χ3v) is 3.04. The number of carbonyl (C=O) groups is 2. The lowest BCUT2D eigenvalue weighted by Gasteiger charge is -2.32. The number of carbonyl (C=O) groups excluding carboxylic acids is 2. The number of aliphatic hydroxyl groups is 1. The van der Waals surface area contributed by atoms with E-state index in [2.05, 4.69) is 10.6 Å². The zero-order valence-electron chi connectivity index (χ0n) is 12.4. The second-order valence-electron chi connectivity index (χ2n) is 5.81. The van der Waals surface area contributed by atoms with Crippen LogP contribution in [0.5, 0.6) is 0 Å². The van der Waals surface area contributed by atoms with Crippen LogP contribution in [-0.4, -0.2) is 66.4 Å². The van der Waals surface area contributed by atoms with Crippen LogP contribution in [0.1, 0.15) is 27.2 Å². The molecule has 1 heterocycles. The number of rotatable bonds is 6. The maximum atomic E-state index is 11.9. The molecule has 0 aromatic heterocycles. The van der Waals surface area contributed by atoms with Crippen molar-refractivity contribution in [3.63, 3.8) is 0 Å². The average molecular weight is 287 g/mol. The molecule has 0 bridgehead atoms. The summed E-state index contributed by atoms with van der Waals surface area (Å²) < 4.78 is 5.03. The van der Waals surface area contributed by atoms with Gasteiger partial charge in [-0.15, -0.1) is 0 Å². The Morgan fingerprint density at radius 1 is 1.45 bits per heavy atom. The molecule has 20 heavy (non-hydrogen) atoms. The topological polar surface area (TPSA) is 90.9 Å². The van der Waals surface area contributed by atoms with E-state index >= 15 is 0 Å². The van der Waals surface area contributed by atoms with Gasteiger partial charge < -0.3 is 25.4 Å². The van der Waals surface area contributed by atoms with Crippen LogP contribution in [0.2, 0.25) is 0 Å². The summed E-state index contributed by atoms with van der Waals surface area (Å²) in [5.41, 5.74) is -0.220. The number of ether oxygens (including phenoxy) is 1. The summed E-state index contributed by atoms with van der Waals surface area (Å²) >= 11 is 0. The van der Waals surface area contributed by atoms with Crippen molar-refractivity contribution in [3.8, 4) is 0 Å². The summed E-state index contributed by atoms with van der Waals surface area (Å²) in [7, 11) is 0. The minimum atomic E-state index is -0.300. The number of urea groups is 1. The summed E-state index contributed by atoms with van der Waals surface area (Å²) in [6.45, 7) is 7.43. The van der Waals surface area contributed by atoms with Crippen LogP contribution in [0, 0.1) is 0 Å². The van der Waals surface area contributed by atoms with Gasteiger partial charge in [0.2, 0.25) is 5.91 Å². The minimum absolute atomic E-state index is 0.0287. The fraction of sp³-hybridized carbons (Fsp3) is 0.846. The predicted octanol–water partition coefficient (Wildman–Crippen LogP) is -0.306. The molecule has 116 valence electrons. The molecule has 0 radical (unpaired) electrons. The van der Waals surface area contributed by atoms with E-state index in [0.29, 0.717) is 26.1 Å². The standard InChI is InChI=1S/C13H25N3O4/c1-13(2,3)16-9-10(8-11(16)18)15-12(19)14-4-6-20-7-5-17/h10,17H,4-9H2,1-3H3,(H2,14,15,19). The van der Waals surface area contributed by atoms with E-state index in [1.54, 1.807) is 4.90 Å². The Balaban J connectivity index is 2.25. The van der Waals surface area contributed by atoms with Gasteiger partial charge >= 0.3 is 6.03 Å². The van der Waals surface area contributed by atoms with Crippen molar-refractivity contribution in [1.82, 2.24) is 15.5 Å². The van der Waals surface area contributed by atoms with Crippen LogP contribution < -0.4 is 10.6 Å². The predicted molar refractivity (Wildman–Crippen MR) is 74.3 cm³/mol. The monoisotopic (exact) mass is 287 g/mol. The maximum absolute atomic E-state index is 11.9. The van der Waals surface area contributed by atoms with Crippen LogP contribution >= 0.6 is 0 Å². The van der Waals surface area contributed by atoms with Crippen LogP contribution in [0.4, 0.5) is 4.79 Å². The number of hydrogen-bond acceptors (Lipinski definition) is 4. The Hall–Kier alpha value is -1.34. The molecule has 1 rings (SSSR count). The highest BCUT2D eigenvalue weighted by molar-refractivity contribution is 5.82. The third kappa shape index (κ3) is 5.34. The van der Waals surface area contributed by atoms with E-state index in [0.717, 1.165) is 0 Å². The van der Waals surface area contributed by atoms with Crippen molar-refractivity contribution < 1.29 is 19.4 Å². The van der Waals surface area contributed by atoms with E-state index in [1.807, 2.05) is 20.8 Å². The second-order valence-corrected chi connectivity index (χ2v) is 5.81. The maximum Gasteiger partial charge on any atom is 0.315 e. The Bertz CT molecular complexity index is 341. The van der Waals surface area contributed by atoms with Crippen molar-refractivity contribution in [3.05, 3.63) is 0 Å². The fourth-order valence-corrected chi connectivity index (χ4v) is 2.09. The normalized spacial score (nSPS) is 19.3. The number of likely N-dealkylation sites (tertiary alicyclic amines) is 1. The average Bonchev–Trinajstić information content (AvgIpc) is 2.69. The lowest BCUT2D eigenvalue weighted by atomic mass is 10.1. The molecule has 7 heteroatoms.